The zero-order valence-electron chi connectivity index (χ0n) is 24.3. The smallest absolute Gasteiger partial charge is 0.264 e. The number of halogens is 1. The normalized spacial score (nSPS) is 12.4. The molecule has 2 amide bonds. The van der Waals surface area contributed by atoms with E-state index in [1.807, 2.05) is 34.6 Å². The number of sulfonamides is 1. The van der Waals surface area contributed by atoms with Crippen LogP contribution in [0.25, 0.3) is 0 Å². The summed E-state index contributed by atoms with van der Waals surface area (Å²) in [6.07, 6.45) is 0. The summed E-state index contributed by atoms with van der Waals surface area (Å²) < 4.78 is 49.0. The molecule has 3 aromatic rings. The molecule has 1 N–H and O–H groups in total. The van der Waals surface area contributed by atoms with Crippen molar-refractivity contribution in [3.63, 3.8) is 0 Å². The average Bonchev–Trinajstić information content (AvgIpc) is 2.90. The number of aryl methyl sites for hydroxylation is 1. The Balaban J connectivity index is 2.05. The van der Waals surface area contributed by atoms with Gasteiger partial charge in [0, 0.05) is 17.6 Å². The van der Waals surface area contributed by atoms with E-state index in [4.69, 9.17) is 4.74 Å². The molecule has 0 aliphatic carbocycles. The monoisotopic (exact) mass is 583 g/mol. The van der Waals surface area contributed by atoms with E-state index in [-0.39, 0.29) is 22.7 Å². The molecule has 0 radical (unpaired) electrons. The minimum atomic E-state index is -4.21. The molecule has 0 aliphatic rings. The van der Waals surface area contributed by atoms with Crippen molar-refractivity contribution < 1.29 is 27.1 Å². The molecule has 41 heavy (non-hydrogen) atoms. The highest BCUT2D eigenvalue weighted by molar-refractivity contribution is 7.92. The van der Waals surface area contributed by atoms with Crippen molar-refractivity contribution in [1.29, 1.82) is 0 Å². The van der Waals surface area contributed by atoms with E-state index in [2.05, 4.69) is 5.32 Å². The Labute approximate surface area is 242 Å². The summed E-state index contributed by atoms with van der Waals surface area (Å²) in [4.78, 5) is 28.3. The number of ether oxygens (including phenoxy) is 1. The van der Waals surface area contributed by atoms with Crippen LogP contribution in [-0.2, 0) is 26.2 Å². The summed E-state index contributed by atoms with van der Waals surface area (Å²) in [7, 11) is -4.21. The number of hydrogen-bond donors (Lipinski definition) is 1. The third-order valence-electron chi connectivity index (χ3n) is 6.29. The van der Waals surface area contributed by atoms with Gasteiger partial charge in [-0.1, -0.05) is 35.9 Å². The second-order valence-electron chi connectivity index (χ2n) is 10.8. The molecule has 0 fully saturated rings. The topological polar surface area (TPSA) is 96.0 Å². The van der Waals surface area contributed by atoms with Gasteiger partial charge >= 0.3 is 0 Å². The molecule has 0 saturated heterocycles. The predicted octanol–water partition coefficient (Wildman–Crippen LogP) is 5.06. The minimum Gasteiger partial charge on any atom is -0.494 e. The Morgan fingerprint density at radius 2 is 1.59 bits per heavy atom. The van der Waals surface area contributed by atoms with Crippen molar-refractivity contribution in [3.8, 4) is 5.75 Å². The van der Waals surface area contributed by atoms with E-state index < -0.39 is 45.8 Å². The lowest BCUT2D eigenvalue weighted by Crippen LogP contribution is -2.54. The van der Waals surface area contributed by atoms with Crippen LogP contribution in [0.5, 0.6) is 5.75 Å². The molecule has 0 unspecified atom stereocenters. The van der Waals surface area contributed by atoms with Crippen LogP contribution in [0.4, 0.5) is 10.1 Å². The van der Waals surface area contributed by atoms with Gasteiger partial charge < -0.3 is 15.0 Å². The van der Waals surface area contributed by atoms with Crippen LogP contribution in [0, 0.1) is 12.7 Å². The Hall–Kier alpha value is -3.92. The number of nitrogens with zero attached hydrogens (tertiary/aromatic N) is 2. The Kier molecular flexibility index (Phi) is 10.1. The van der Waals surface area contributed by atoms with Gasteiger partial charge in [-0.3, -0.25) is 13.9 Å². The molecule has 1 atom stereocenters. The van der Waals surface area contributed by atoms with Gasteiger partial charge in [0.2, 0.25) is 11.8 Å². The SMILES string of the molecule is CCOc1ccc(N(CC(=O)N(Cc2ccccc2F)[C@@H](C)C(=O)NC(C)(C)C)S(=O)(=O)c2ccc(C)cc2)cc1. The lowest BCUT2D eigenvalue weighted by atomic mass is 10.1. The first-order chi connectivity index (χ1) is 19.2. The molecule has 3 rings (SSSR count). The summed E-state index contributed by atoms with van der Waals surface area (Å²) in [5.41, 5.74) is 0.730. The van der Waals surface area contributed by atoms with Crippen LogP contribution < -0.4 is 14.4 Å². The number of carbonyl (C=O) groups is 2. The molecule has 0 spiro atoms. The van der Waals surface area contributed by atoms with Crippen LogP contribution in [0.3, 0.4) is 0 Å². The number of benzene rings is 3. The van der Waals surface area contributed by atoms with E-state index in [0.717, 1.165) is 9.87 Å². The number of nitrogens with one attached hydrogen (secondary N) is 1. The highest BCUT2D eigenvalue weighted by atomic mass is 32.2. The van der Waals surface area contributed by atoms with Crippen molar-refractivity contribution in [2.75, 3.05) is 17.5 Å². The predicted molar refractivity (Wildman–Crippen MR) is 158 cm³/mol. The summed E-state index contributed by atoms with van der Waals surface area (Å²) in [5, 5.41) is 2.85. The maximum absolute atomic E-state index is 14.7. The van der Waals surface area contributed by atoms with Gasteiger partial charge in [-0.2, -0.15) is 0 Å². The van der Waals surface area contributed by atoms with E-state index >= 15 is 0 Å². The number of anilines is 1. The molecule has 0 saturated carbocycles. The average molecular weight is 584 g/mol. The van der Waals surface area contributed by atoms with Crippen LogP contribution >= 0.6 is 0 Å². The van der Waals surface area contributed by atoms with E-state index in [1.54, 1.807) is 42.5 Å². The zero-order chi connectivity index (χ0) is 30.4. The molecule has 0 heterocycles. The van der Waals surface area contributed by atoms with Gasteiger partial charge in [-0.15, -0.1) is 0 Å². The standard InChI is InChI=1S/C31H38FN3O5S/c1-7-40-26-16-14-25(15-17-26)35(41(38,39)27-18-12-22(2)13-19-27)21-29(36)34(20-24-10-8-9-11-28(24)32)23(3)30(37)33-31(4,5)6/h8-19,23H,7,20-21H2,1-6H3,(H,33,37)/t23-/m0/s1. The van der Waals surface area contributed by atoms with Gasteiger partial charge in [0.05, 0.1) is 17.2 Å². The Morgan fingerprint density at radius 3 is 2.15 bits per heavy atom. The van der Waals surface area contributed by atoms with Gasteiger partial charge in [0.25, 0.3) is 10.0 Å². The van der Waals surface area contributed by atoms with E-state index in [9.17, 15) is 22.4 Å². The van der Waals surface area contributed by atoms with Crippen LogP contribution in [-0.4, -0.2) is 49.9 Å². The van der Waals surface area contributed by atoms with Crippen molar-refractivity contribution >= 4 is 27.5 Å². The van der Waals surface area contributed by atoms with Crippen LogP contribution in [0.15, 0.2) is 77.7 Å². The number of rotatable bonds is 11. The fraction of sp³-hybridized carbons (Fsp3) is 0.355. The number of hydrogen-bond acceptors (Lipinski definition) is 5. The van der Waals surface area contributed by atoms with Crippen LogP contribution in [0.1, 0.15) is 45.7 Å². The maximum Gasteiger partial charge on any atom is 0.264 e. The molecule has 3 aromatic carbocycles. The molecule has 0 aliphatic heterocycles. The van der Waals surface area contributed by atoms with Gasteiger partial charge in [-0.25, -0.2) is 12.8 Å². The third-order valence-corrected chi connectivity index (χ3v) is 8.08. The van der Waals surface area contributed by atoms with Crippen molar-refractivity contribution in [1.82, 2.24) is 10.2 Å². The van der Waals surface area contributed by atoms with Crippen LogP contribution in [0.2, 0.25) is 0 Å². The summed E-state index contributed by atoms with van der Waals surface area (Å²) >= 11 is 0. The zero-order valence-corrected chi connectivity index (χ0v) is 25.2. The molecule has 0 aromatic heterocycles. The second kappa shape index (κ2) is 13.2. The van der Waals surface area contributed by atoms with Gasteiger partial charge in [0.1, 0.15) is 24.2 Å². The minimum absolute atomic E-state index is 0.00367. The highest BCUT2D eigenvalue weighted by Crippen LogP contribution is 2.27. The first-order valence-electron chi connectivity index (χ1n) is 13.4. The maximum atomic E-state index is 14.7. The molecular weight excluding hydrogens is 545 g/mol. The fourth-order valence-corrected chi connectivity index (χ4v) is 5.52. The lowest BCUT2D eigenvalue weighted by Gasteiger charge is -2.33. The summed E-state index contributed by atoms with van der Waals surface area (Å²) in [5.74, 6) is -1.11. The summed E-state index contributed by atoms with van der Waals surface area (Å²) in [6.45, 7) is 10.2. The fourth-order valence-electron chi connectivity index (χ4n) is 4.11. The van der Waals surface area contributed by atoms with Crippen molar-refractivity contribution in [2.45, 2.75) is 64.6 Å². The van der Waals surface area contributed by atoms with Gasteiger partial charge in [-0.05, 0) is 84.0 Å². The Bertz CT molecular complexity index is 1450. The molecule has 0 bridgehead atoms. The van der Waals surface area contributed by atoms with Crippen molar-refractivity contribution in [3.05, 3.63) is 89.7 Å². The third kappa shape index (κ3) is 8.29. The molecule has 220 valence electrons. The first-order valence-corrected chi connectivity index (χ1v) is 14.8. The number of carbonyl (C=O) groups excluding carboxylic acids is 2. The van der Waals surface area contributed by atoms with E-state index in [0.29, 0.717) is 12.4 Å². The molecular formula is C31H38FN3O5S. The highest BCUT2D eigenvalue weighted by Gasteiger charge is 2.33. The number of amides is 2. The van der Waals surface area contributed by atoms with Gasteiger partial charge in [0.15, 0.2) is 0 Å². The largest absolute Gasteiger partial charge is 0.494 e. The van der Waals surface area contributed by atoms with E-state index in [1.165, 1.54) is 42.2 Å². The quantitative estimate of drug-likeness (QED) is 0.341. The second-order valence-corrected chi connectivity index (χ2v) is 12.6. The summed E-state index contributed by atoms with van der Waals surface area (Å²) in [6, 6.07) is 17.6. The lowest BCUT2D eigenvalue weighted by molar-refractivity contribution is -0.140. The van der Waals surface area contributed by atoms with Crippen molar-refractivity contribution in [2.24, 2.45) is 0 Å². The first kappa shape index (κ1) is 31.6. The molecule has 8 nitrogen and oxygen atoms in total. The molecule has 10 heteroatoms. The Morgan fingerprint density at radius 1 is 0.976 bits per heavy atom.